The summed E-state index contributed by atoms with van der Waals surface area (Å²) in [5.74, 6) is 0.606. The highest BCUT2D eigenvalue weighted by Crippen LogP contribution is 2.33. The fourth-order valence-corrected chi connectivity index (χ4v) is 4.76. The maximum atomic E-state index is 12.6. The van der Waals surface area contributed by atoms with Crippen molar-refractivity contribution in [1.82, 2.24) is 19.8 Å². The van der Waals surface area contributed by atoms with Gasteiger partial charge in [0.2, 0.25) is 0 Å². The SMILES string of the molecule is CCN(C(=O)Nc1ccc2[nH]cc(C3=CCN4CCCCC4CC3)c2n1)C(C)C. The van der Waals surface area contributed by atoms with Gasteiger partial charge in [-0.2, -0.15) is 0 Å². The molecule has 2 aliphatic heterocycles. The first-order chi connectivity index (χ1) is 14.1. The van der Waals surface area contributed by atoms with Crippen molar-refractivity contribution < 1.29 is 4.79 Å². The van der Waals surface area contributed by atoms with Crippen LogP contribution in [0.4, 0.5) is 10.6 Å². The lowest BCUT2D eigenvalue weighted by atomic mass is 9.96. The van der Waals surface area contributed by atoms with Crippen LogP contribution in [0.15, 0.2) is 24.4 Å². The molecule has 0 saturated carbocycles. The Morgan fingerprint density at radius 2 is 2.21 bits per heavy atom. The number of carbonyl (C=O) groups excluding carboxylic acids is 1. The van der Waals surface area contributed by atoms with Crippen molar-refractivity contribution >= 4 is 28.5 Å². The van der Waals surface area contributed by atoms with Gasteiger partial charge in [0.15, 0.2) is 0 Å². The molecule has 0 radical (unpaired) electrons. The zero-order valence-corrected chi connectivity index (χ0v) is 17.9. The molecule has 0 aromatic carbocycles. The van der Waals surface area contributed by atoms with Crippen LogP contribution in [0, 0.1) is 0 Å². The molecule has 2 amide bonds. The van der Waals surface area contributed by atoms with E-state index in [1.54, 1.807) is 4.90 Å². The van der Waals surface area contributed by atoms with Crippen molar-refractivity contribution in [2.75, 3.05) is 25.0 Å². The van der Waals surface area contributed by atoms with E-state index in [2.05, 4.69) is 27.5 Å². The van der Waals surface area contributed by atoms with Crippen LogP contribution in [0.2, 0.25) is 0 Å². The van der Waals surface area contributed by atoms with E-state index in [0.717, 1.165) is 30.0 Å². The molecule has 1 atom stereocenters. The molecule has 1 saturated heterocycles. The van der Waals surface area contributed by atoms with E-state index in [-0.39, 0.29) is 12.1 Å². The van der Waals surface area contributed by atoms with Gasteiger partial charge in [-0.1, -0.05) is 12.5 Å². The number of piperidine rings is 1. The van der Waals surface area contributed by atoms with Gasteiger partial charge in [0.1, 0.15) is 5.82 Å². The number of aromatic amines is 1. The number of carbonyl (C=O) groups is 1. The number of allylic oxidation sites excluding steroid dienone is 1. The van der Waals surface area contributed by atoms with Gasteiger partial charge >= 0.3 is 6.03 Å². The Morgan fingerprint density at radius 3 is 3.00 bits per heavy atom. The molecule has 29 heavy (non-hydrogen) atoms. The monoisotopic (exact) mass is 395 g/mol. The number of fused-ring (bicyclic) bond motifs is 2. The standard InChI is InChI=1S/C23H33N5O/c1-4-28(16(2)3)23(29)26-21-11-10-20-22(25-21)19(15-24-20)17-8-9-18-7-5-6-13-27(18)14-12-17/h10-12,15-16,18,24H,4-9,13-14H2,1-3H3,(H,25,26,29). The van der Waals surface area contributed by atoms with E-state index < -0.39 is 0 Å². The maximum absolute atomic E-state index is 12.6. The van der Waals surface area contributed by atoms with Gasteiger partial charge in [-0.25, -0.2) is 9.78 Å². The van der Waals surface area contributed by atoms with Gasteiger partial charge in [-0.15, -0.1) is 0 Å². The predicted octanol–water partition coefficient (Wildman–Crippen LogP) is 4.86. The van der Waals surface area contributed by atoms with E-state index in [9.17, 15) is 4.79 Å². The molecule has 2 aromatic rings. The van der Waals surface area contributed by atoms with Gasteiger partial charge < -0.3 is 9.88 Å². The van der Waals surface area contributed by atoms with Crippen molar-refractivity contribution in [3.8, 4) is 0 Å². The van der Waals surface area contributed by atoms with Crippen LogP contribution in [0.5, 0.6) is 0 Å². The van der Waals surface area contributed by atoms with Crippen LogP contribution in [0.3, 0.4) is 0 Å². The lowest BCUT2D eigenvalue weighted by Crippen LogP contribution is -2.39. The smallest absolute Gasteiger partial charge is 0.323 e. The summed E-state index contributed by atoms with van der Waals surface area (Å²) in [6.45, 7) is 8.97. The van der Waals surface area contributed by atoms with Gasteiger partial charge in [-0.3, -0.25) is 10.2 Å². The summed E-state index contributed by atoms with van der Waals surface area (Å²) < 4.78 is 0. The van der Waals surface area contributed by atoms with Gasteiger partial charge in [0, 0.05) is 36.9 Å². The van der Waals surface area contributed by atoms with Crippen LogP contribution in [0.1, 0.15) is 58.4 Å². The Balaban J connectivity index is 1.57. The number of anilines is 1. The molecule has 2 N–H and O–H groups in total. The second kappa shape index (κ2) is 8.57. The maximum Gasteiger partial charge on any atom is 0.323 e. The lowest BCUT2D eigenvalue weighted by Gasteiger charge is -2.33. The van der Waals surface area contributed by atoms with Crippen molar-refractivity contribution in [2.24, 2.45) is 0 Å². The Bertz CT molecular complexity index is 900. The van der Waals surface area contributed by atoms with Crippen LogP contribution in [-0.2, 0) is 0 Å². The van der Waals surface area contributed by atoms with E-state index in [4.69, 9.17) is 4.98 Å². The van der Waals surface area contributed by atoms with Gasteiger partial charge in [0.25, 0.3) is 0 Å². The fraction of sp³-hybridized carbons (Fsp3) is 0.565. The number of nitrogens with one attached hydrogen (secondary N) is 2. The van der Waals surface area contributed by atoms with Gasteiger partial charge in [-0.05, 0) is 70.7 Å². The Hall–Kier alpha value is -2.34. The molecular weight excluding hydrogens is 362 g/mol. The van der Waals surface area contributed by atoms with Crippen LogP contribution in [-0.4, -0.2) is 57.5 Å². The molecule has 4 heterocycles. The number of H-pyrrole nitrogens is 1. The highest BCUT2D eigenvalue weighted by atomic mass is 16.2. The zero-order chi connectivity index (χ0) is 20.4. The summed E-state index contributed by atoms with van der Waals surface area (Å²) in [7, 11) is 0. The van der Waals surface area contributed by atoms with E-state index in [1.165, 1.54) is 43.4 Å². The molecule has 0 aliphatic carbocycles. The number of hydrogen-bond donors (Lipinski definition) is 2. The average molecular weight is 396 g/mol. The molecule has 2 aliphatic rings. The number of nitrogens with zero attached hydrogens (tertiary/aromatic N) is 3. The number of rotatable bonds is 4. The second-order valence-corrected chi connectivity index (χ2v) is 8.52. The van der Waals surface area contributed by atoms with E-state index >= 15 is 0 Å². The molecule has 1 fully saturated rings. The first-order valence-electron chi connectivity index (χ1n) is 11.1. The molecule has 6 heteroatoms. The van der Waals surface area contributed by atoms with Crippen molar-refractivity contribution in [3.63, 3.8) is 0 Å². The summed E-state index contributed by atoms with van der Waals surface area (Å²) >= 11 is 0. The minimum Gasteiger partial charge on any atom is -0.359 e. The molecule has 156 valence electrons. The molecule has 2 aromatic heterocycles. The van der Waals surface area contributed by atoms with Crippen LogP contribution in [0.25, 0.3) is 16.6 Å². The number of pyridine rings is 1. The molecule has 6 nitrogen and oxygen atoms in total. The molecule has 0 spiro atoms. The van der Waals surface area contributed by atoms with Crippen molar-refractivity contribution in [1.29, 1.82) is 0 Å². The average Bonchev–Trinajstić information content (AvgIpc) is 3.00. The van der Waals surface area contributed by atoms with Gasteiger partial charge in [0.05, 0.1) is 11.0 Å². The summed E-state index contributed by atoms with van der Waals surface area (Å²) in [6.07, 6.45) is 10.8. The van der Waals surface area contributed by atoms with Crippen LogP contribution >= 0.6 is 0 Å². The third-order valence-electron chi connectivity index (χ3n) is 6.40. The molecule has 1 unspecified atom stereocenters. The third kappa shape index (κ3) is 4.17. The minimum absolute atomic E-state index is 0.100. The number of hydrogen-bond acceptors (Lipinski definition) is 3. The first kappa shape index (κ1) is 20.0. The van der Waals surface area contributed by atoms with E-state index in [0.29, 0.717) is 12.4 Å². The topological polar surface area (TPSA) is 64.3 Å². The van der Waals surface area contributed by atoms with Crippen LogP contribution < -0.4 is 5.32 Å². The minimum atomic E-state index is -0.100. The lowest BCUT2D eigenvalue weighted by molar-refractivity contribution is 0.161. The third-order valence-corrected chi connectivity index (χ3v) is 6.40. The predicted molar refractivity (Wildman–Crippen MR) is 119 cm³/mol. The summed E-state index contributed by atoms with van der Waals surface area (Å²) in [6, 6.07) is 4.66. The first-order valence-corrected chi connectivity index (χ1v) is 11.1. The Kier molecular flexibility index (Phi) is 5.90. The largest absolute Gasteiger partial charge is 0.359 e. The fourth-order valence-electron chi connectivity index (χ4n) is 4.76. The Morgan fingerprint density at radius 1 is 1.34 bits per heavy atom. The summed E-state index contributed by atoms with van der Waals surface area (Å²) in [4.78, 5) is 25.2. The molecular formula is C23H33N5O. The summed E-state index contributed by atoms with van der Waals surface area (Å²) in [5.41, 5.74) is 4.50. The number of amides is 2. The van der Waals surface area contributed by atoms with E-state index in [1.807, 2.05) is 32.9 Å². The molecule has 0 bridgehead atoms. The Labute approximate surface area is 173 Å². The zero-order valence-electron chi connectivity index (χ0n) is 17.9. The quantitative estimate of drug-likeness (QED) is 0.777. The second-order valence-electron chi connectivity index (χ2n) is 8.52. The normalized spacial score (nSPS) is 20.3. The highest BCUT2D eigenvalue weighted by molar-refractivity contribution is 5.93. The van der Waals surface area contributed by atoms with Crippen molar-refractivity contribution in [3.05, 3.63) is 30.0 Å². The van der Waals surface area contributed by atoms with Crippen molar-refractivity contribution in [2.45, 2.75) is 65.0 Å². The summed E-state index contributed by atoms with van der Waals surface area (Å²) in [5, 5.41) is 2.97. The highest BCUT2D eigenvalue weighted by Gasteiger charge is 2.25. The number of urea groups is 1. The number of aromatic nitrogens is 2. The molecule has 4 rings (SSSR count).